The van der Waals surface area contributed by atoms with Crippen LogP contribution in [0, 0.1) is 0 Å². The second kappa shape index (κ2) is 5.99. The van der Waals surface area contributed by atoms with Gasteiger partial charge in [-0.2, -0.15) is 0 Å². The van der Waals surface area contributed by atoms with E-state index in [0.29, 0.717) is 11.7 Å². The van der Waals surface area contributed by atoms with Crippen molar-refractivity contribution in [3.8, 4) is 0 Å². The maximum atomic E-state index is 6.06. The fraction of sp³-hybridized carbons (Fsp3) is 0.600. The molecule has 0 amide bonds. The van der Waals surface area contributed by atoms with Gasteiger partial charge in [-0.05, 0) is 11.5 Å². The molecule has 21 heavy (non-hydrogen) atoms. The lowest BCUT2D eigenvalue weighted by Crippen LogP contribution is -2.38. The molecule has 1 aliphatic heterocycles. The summed E-state index contributed by atoms with van der Waals surface area (Å²) < 4.78 is 7.59. The molecule has 0 radical (unpaired) electrons. The molecule has 2 aromatic rings. The topological polar surface area (TPSA) is 69.2 Å². The summed E-state index contributed by atoms with van der Waals surface area (Å²) >= 11 is 0. The number of nitrogen functional groups attached to an aromatic ring is 1. The summed E-state index contributed by atoms with van der Waals surface area (Å²) in [5.41, 5.74) is 8.23. The Kier molecular flexibility index (Phi) is 4.07. The zero-order valence-electron chi connectivity index (χ0n) is 12.7. The molecule has 1 fully saturated rings. The van der Waals surface area contributed by atoms with Gasteiger partial charge >= 0.3 is 0 Å². The van der Waals surface area contributed by atoms with Crippen LogP contribution in [0.15, 0.2) is 12.5 Å². The van der Waals surface area contributed by atoms with E-state index in [1.54, 1.807) is 6.33 Å². The lowest BCUT2D eigenvalue weighted by atomic mass is 10.0. The van der Waals surface area contributed by atoms with E-state index >= 15 is 0 Å². The minimum Gasteiger partial charge on any atom is -0.383 e. The SMILES string of the molecule is CC(C)c1cn(CCN2CCOCC2)c2ncnc(N)c12. The van der Waals surface area contributed by atoms with E-state index in [2.05, 4.69) is 39.5 Å². The number of nitrogens with two attached hydrogens (primary N) is 1. The van der Waals surface area contributed by atoms with Gasteiger partial charge in [0.25, 0.3) is 0 Å². The molecule has 6 heteroatoms. The van der Waals surface area contributed by atoms with Crippen molar-refractivity contribution < 1.29 is 4.74 Å². The van der Waals surface area contributed by atoms with Crippen LogP contribution in [0.25, 0.3) is 11.0 Å². The number of fused-ring (bicyclic) bond motifs is 1. The van der Waals surface area contributed by atoms with Gasteiger partial charge in [0.05, 0.1) is 18.6 Å². The maximum absolute atomic E-state index is 6.06. The standard InChI is InChI=1S/C15H23N5O/c1-11(2)12-9-20(4-3-19-5-7-21-8-6-19)15-13(12)14(16)17-10-18-15/h9-11H,3-8H2,1-2H3,(H2,16,17,18). The van der Waals surface area contributed by atoms with Gasteiger partial charge in [0, 0.05) is 32.4 Å². The minimum absolute atomic E-state index is 0.408. The number of aromatic nitrogens is 3. The zero-order chi connectivity index (χ0) is 14.8. The third kappa shape index (κ3) is 2.87. The predicted molar refractivity (Wildman–Crippen MR) is 83.3 cm³/mol. The summed E-state index contributed by atoms with van der Waals surface area (Å²) in [6, 6.07) is 0. The predicted octanol–water partition coefficient (Wildman–Crippen LogP) is 1.47. The molecule has 0 atom stereocenters. The first-order valence-corrected chi connectivity index (χ1v) is 7.56. The molecule has 1 saturated heterocycles. The van der Waals surface area contributed by atoms with Crippen molar-refractivity contribution in [2.45, 2.75) is 26.3 Å². The molecule has 2 aromatic heterocycles. The quantitative estimate of drug-likeness (QED) is 0.923. The van der Waals surface area contributed by atoms with Crippen LogP contribution in [0.4, 0.5) is 5.82 Å². The highest BCUT2D eigenvalue weighted by atomic mass is 16.5. The number of rotatable bonds is 4. The van der Waals surface area contributed by atoms with E-state index < -0.39 is 0 Å². The van der Waals surface area contributed by atoms with Crippen molar-refractivity contribution in [2.75, 3.05) is 38.6 Å². The molecule has 0 aliphatic carbocycles. The van der Waals surface area contributed by atoms with Gasteiger partial charge in [-0.1, -0.05) is 13.8 Å². The number of morpholine rings is 1. The average molecular weight is 289 g/mol. The molecule has 0 unspecified atom stereocenters. The number of hydrogen-bond acceptors (Lipinski definition) is 5. The molecule has 3 rings (SSSR count). The van der Waals surface area contributed by atoms with E-state index in [4.69, 9.17) is 10.5 Å². The fourth-order valence-electron chi connectivity index (χ4n) is 2.86. The molecule has 0 aromatic carbocycles. The lowest BCUT2D eigenvalue weighted by Gasteiger charge is -2.26. The summed E-state index contributed by atoms with van der Waals surface area (Å²) in [5.74, 6) is 0.985. The van der Waals surface area contributed by atoms with Crippen LogP contribution in [-0.4, -0.2) is 52.3 Å². The van der Waals surface area contributed by atoms with Crippen LogP contribution in [0.2, 0.25) is 0 Å². The molecule has 114 valence electrons. The van der Waals surface area contributed by atoms with Gasteiger partial charge in [0.2, 0.25) is 0 Å². The van der Waals surface area contributed by atoms with Gasteiger partial charge in [-0.15, -0.1) is 0 Å². The molecular weight excluding hydrogens is 266 g/mol. The third-order valence-corrected chi connectivity index (χ3v) is 4.10. The van der Waals surface area contributed by atoms with Gasteiger partial charge in [-0.3, -0.25) is 4.90 Å². The van der Waals surface area contributed by atoms with Crippen molar-refractivity contribution in [3.05, 3.63) is 18.1 Å². The minimum atomic E-state index is 0.408. The number of ether oxygens (including phenoxy) is 1. The normalized spacial score (nSPS) is 16.9. The molecule has 3 heterocycles. The van der Waals surface area contributed by atoms with Crippen molar-refractivity contribution in [3.63, 3.8) is 0 Å². The third-order valence-electron chi connectivity index (χ3n) is 4.10. The molecule has 0 saturated carbocycles. The van der Waals surface area contributed by atoms with Crippen LogP contribution in [0.5, 0.6) is 0 Å². The second-order valence-electron chi connectivity index (χ2n) is 5.84. The van der Waals surface area contributed by atoms with Crippen LogP contribution in [0.3, 0.4) is 0 Å². The van der Waals surface area contributed by atoms with Crippen LogP contribution < -0.4 is 5.73 Å². The summed E-state index contributed by atoms with van der Waals surface area (Å²) in [6.45, 7) is 9.95. The van der Waals surface area contributed by atoms with E-state index in [1.165, 1.54) is 5.56 Å². The first-order valence-electron chi connectivity index (χ1n) is 7.56. The Morgan fingerprint density at radius 2 is 2.00 bits per heavy atom. The number of anilines is 1. The fourth-order valence-corrected chi connectivity index (χ4v) is 2.86. The highest BCUT2D eigenvalue weighted by Gasteiger charge is 2.16. The van der Waals surface area contributed by atoms with E-state index in [0.717, 1.165) is 50.4 Å². The smallest absolute Gasteiger partial charge is 0.145 e. The van der Waals surface area contributed by atoms with Crippen molar-refractivity contribution in [1.82, 2.24) is 19.4 Å². The summed E-state index contributed by atoms with van der Waals surface area (Å²) in [6.07, 6.45) is 3.73. The number of nitrogens with zero attached hydrogens (tertiary/aromatic N) is 4. The van der Waals surface area contributed by atoms with Gasteiger partial charge in [0.1, 0.15) is 17.8 Å². The van der Waals surface area contributed by atoms with Gasteiger partial charge < -0.3 is 15.0 Å². The Bertz CT molecular complexity index is 616. The first-order chi connectivity index (χ1) is 10.2. The molecular formula is C15H23N5O. The van der Waals surface area contributed by atoms with Crippen molar-refractivity contribution in [1.29, 1.82) is 0 Å². The zero-order valence-corrected chi connectivity index (χ0v) is 12.7. The van der Waals surface area contributed by atoms with Crippen LogP contribution in [0.1, 0.15) is 25.3 Å². The first kappa shape index (κ1) is 14.3. The maximum Gasteiger partial charge on any atom is 0.145 e. The van der Waals surface area contributed by atoms with Crippen molar-refractivity contribution >= 4 is 16.9 Å². The Hall–Kier alpha value is -1.66. The molecule has 0 spiro atoms. The Labute approximate surface area is 124 Å². The van der Waals surface area contributed by atoms with E-state index in [9.17, 15) is 0 Å². The van der Waals surface area contributed by atoms with Gasteiger partial charge in [-0.25, -0.2) is 9.97 Å². The lowest BCUT2D eigenvalue weighted by molar-refractivity contribution is 0.0365. The molecule has 2 N–H and O–H groups in total. The average Bonchev–Trinajstić information content (AvgIpc) is 2.87. The van der Waals surface area contributed by atoms with Crippen LogP contribution >= 0.6 is 0 Å². The highest BCUT2D eigenvalue weighted by Crippen LogP contribution is 2.29. The summed E-state index contributed by atoms with van der Waals surface area (Å²) in [7, 11) is 0. The van der Waals surface area contributed by atoms with E-state index in [1.807, 2.05) is 0 Å². The molecule has 0 bridgehead atoms. The Morgan fingerprint density at radius 1 is 1.24 bits per heavy atom. The highest BCUT2D eigenvalue weighted by molar-refractivity contribution is 5.90. The monoisotopic (exact) mass is 289 g/mol. The Balaban J connectivity index is 1.86. The second-order valence-corrected chi connectivity index (χ2v) is 5.84. The Morgan fingerprint density at radius 3 is 2.71 bits per heavy atom. The number of hydrogen-bond donors (Lipinski definition) is 1. The van der Waals surface area contributed by atoms with Crippen molar-refractivity contribution in [2.24, 2.45) is 0 Å². The summed E-state index contributed by atoms with van der Waals surface area (Å²) in [5, 5.41) is 1.01. The molecule has 6 nitrogen and oxygen atoms in total. The van der Waals surface area contributed by atoms with Gasteiger partial charge in [0.15, 0.2) is 0 Å². The van der Waals surface area contributed by atoms with Crippen LogP contribution in [-0.2, 0) is 11.3 Å². The summed E-state index contributed by atoms with van der Waals surface area (Å²) in [4.78, 5) is 11.0. The van der Waals surface area contributed by atoms with E-state index in [-0.39, 0.29) is 0 Å². The molecule has 1 aliphatic rings. The largest absolute Gasteiger partial charge is 0.383 e.